The van der Waals surface area contributed by atoms with Crippen molar-refractivity contribution in [1.82, 2.24) is 10.6 Å². The lowest BCUT2D eigenvalue weighted by molar-refractivity contribution is -0.142. The Bertz CT molecular complexity index is 682. The first-order valence-corrected chi connectivity index (χ1v) is 10.1. The largest absolute Gasteiger partial charge is 0.479 e. The molecule has 0 unspecified atom stereocenters. The van der Waals surface area contributed by atoms with E-state index in [4.69, 9.17) is 21.7 Å². The molecular weight excluding hydrogens is 400 g/mol. The molecule has 2 amide bonds. The second-order valence-electron chi connectivity index (χ2n) is 6.23. The molecule has 0 heterocycles. The average molecular weight is 427 g/mol. The molecule has 0 aliphatic heterocycles. The molecule has 0 radical (unpaired) electrons. The zero-order valence-electron chi connectivity index (χ0n) is 16.4. The van der Waals surface area contributed by atoms with E-state index in [1.165, 1.54) is 7.11 Å². The minimum absolute atomic E-state index is 0.118. The van der Waals surface area contributed by atoms with E-state index in [2.05, 4.69) is 10.6 Å². The lowest BCUT2D eigenvalue weighted by atomic mass is 10.0. The molecular formula is C19H26N2O5S2. The molecule has 0 fully saturated rings. The van der Waals surface area contributed by atoms with Crippen LogP contribution in [0.4, 0.5) is 0 Å². The van der Waals surface area contributed by atoms with E-state index in [0.29, 0.717) is 18.6 Å². The molecule has 0 bridgehead atoms. The van der Waals surface area contributed by atoms with Crippen molar-refractivity contribution in [3.8, 4) is 0 Å². The number of benzene rings is 1. The Hall–Kier alpha value is -2.13. The number of hydrogen-bond acceptors (Lipinski definition) is 7. The number of rotatable bonds is 9. The maximum atomic E-state index is 12.8. The number of amides is 2. The van der Waals surface area contributed by atoms with Crippen LogP contribution in [0.25, 0.3) is 0 Å². The van der Waals surface area contributed by atoms with Crippen molar-refractivity contribution in [3.05, 3.63) is 35.9 Å². The van der Waals surface area contributed by atoms with Gasteiger partial charge in [0.25, 0.3) is 5.91 Å². The van der Waals surface area contributed by atoms with Crippen LogP contribution in [0.2, 0.25) is 0 Å². The third-order valence-electron chi connectivity index (χ3n) is 3.53. The highest BCUT2D eigenvalue weighted by Crippen LogP contribution is 2.15. The summed E-state index contributed by atoms with van der Waals surface area (Å²) in [5, 5.41) is 4.25. The number of thiocarbonyl (C=S) groups is 1. The maximum Gasteiger partial charge on any atom is 0.339 e. The Kier molecular flexibility index (Phi) is 10.5. The van der Waals surface area contributed by atoms with E-state index in [-0.39, 0.29) is 16.2 Å². The number of carbonyl (C=O) groups is 3. The van der Waals surface area contributed by atoms with Gasteiger partial charge in [-0.05, 0) is 55.4 Å². The van der Waals surface area contributed by atoms with E-state index >= 15 is 0 Å². The number of ether oxygens (including phenoxy) is 2. The molecule has 2 N–H and O–H groups in total. The highest BCUT2D eigenvalue weighted by atomic mass is 32.2. The van der Waals surface area contributed by atoms with Gasteiger partial charge in [-0.15, -0.1) is 0 Å². The third kappa shape index (κ3) is 8.26. The first-order valence-electron chi connectivity index (χ1n) is 8.86. The van der Waals surface area contributed by atoms with Gasteiger partial charge in [0.1, 0.15) is 6.04 Å². The van der Waals surface area contributed by atoms with Crippen molar-refractivity contribution in [2.24, 2.45) is 5.92 Å². The molecule has 0 aliphatic carbocycles. The summed E-state index contributed by atoms with van der Waals surface area (Å²) >= 11 is 5.90. The fourth-order valence-electron chi connectivity index (χ4n) is 2.26. The van der Waals surface area contributed by atoms with Crippen LogP contribution in [-0.2, 0) is 19.1 Å². The van der Waals surface area contributed by atoms with E-state index in [9.17, 15) is 14.4 Å². The summed E-state index contributed by atoms with van der Waals surface area (Å²) in [6, 6.07) is 7.78. The number of nitrogens with one attached hydrogen (secondary N) is 2. The molecule has 154 valence electrons. The fourth-order valence-corrected chi connectivity index (χ4v) is 3.41. The number of carbonyl (C=O) groups excluding carboxylic acids is 3. The van der Waals surface area contributed by atoms with Crippen LogP contribution in [0, 0.1) is 5.92 Å². The summed E-state index contributed by atoms with van der Waals surface area (Å²) < 4.78 is 10.0. The zero-order valence-corrected chi connectivity index (χ0v) is 18.0. The summed E-state index contributed by atoms with van der Waals surface area (Å²) in [6.45, 7) is 5.98. The van der Waals surface area contributed by atoms with Gasteiger partial charge >= 0.3 is 5.97 Å². The number of methoxy groups -OCH3 is 1. The molecule has 28 heavy (non-hydrogen) atoms. The second-order valence-corrected chi connectivity index (χ2v) is 7.94. The molecule has 0 aromatic heterocycles. The zero-order chi connectivity index (χ0) is 21.1. The summed E-state index contributed by atoms with van der Waals surface area (Å²) in [6.07, 6.45) is 0.402. The van der Waals surface area contributed by atoms with Crippen molar-refractivity contribution in [3.63, 3.8) is 0 Å². The molecule has 0 saturated heterocycles. The van der Waals surface area contributed by atoms with Crippen LogP contribution in [0.5, 0.6) is 0 Å². The highest BCUT2D eigenvalue weighted by Gasteiger charge is 2.29. The van der Waals surface area contributed by atoms with Crippen LogP contribution >= 0.6 is 24.0 Å². The minimum Gasteiger partial charge on any atom is -0.479 e. The molecule has 1 aromatic rings. The first-order chi connectivity index (χ1) is 13.3. The van der Waals surface area contributed by atoms with Gasteiger partial charge in [0, 0.05) is 5.56 Å². The molecule has 1 aromatic carbocycles. The topological polar surface area (TPSA) is 93.7 Å². The molecule has 1 rings (SSSR count). The Balaban J connectivity index is 2.89. The molecule has 0 saturated carbocycles. The lowest BCUT2D eigenvalue weighted by Crippen LogP contribution is -2.51. The second kappa shape index (κ2) is 12.4. The van der Waals surface area contributed by atoms with Crippen LogP contribution in [-0.4, -0.2) is 47.3 Å². The van der Waals surface area contributed by atoms with E-state index in [0.717, 1.165) is 11.8 Å². The SMILES string of the molecule is CCOC(=S)S[C@H](NC(=O)[C@H](CC(C)C)NC(=O)c1ccccc1)C(=O)OC. The molecule has 0 aliphatic rings. The van der Waals surface area contributed by atoms with Crippen molar-refractivity contribution < 1.29 is 23.9 Å². The van der Waals surface area contributed by atoms with Crippen LogP contribution in [0.1, 0.15) is 37.6 Å². The van der Waals surface area contributed by atoms with Crippen LogP contribution in [0.15, 0.2) is 30.3 Å². The van der Waals surface area contributed by atoms with Crippen molar-refractivity contribution >= 4 is 46.1 Å². The molecule has 2 atom stereocenters. The highest BCUT2D eigenvalue weighted by molar-refractivity contribution is 8.23. The summed E-state index contributed by atoms with van der Waals surface area (Å²) in [5.41, 5.74) is 0.445. The maximum absolute atomic E-state index is 12.8. The Morgan fingerprint density at radius 3 is 2.32 bits per heavy atom. The normalized spacial score (nSPS) is 12.6. The number of hydrogen-bond donors (Lipinski definition) is 2. The molecule has 7 nitrogen and oxygen atoms in total. The van der Waals surface area contributed by atoms with Gasteiger partial charge in [-0.25, -0.2) is 4.79 Å². The van der Waals surface area contributed by atoms with Crippen molar-refractivity contribution in [2.45, 2.75) is 38.6 Å². The van der Waals surface area contributed by atoms with Gasteiger partial charge in [-0.3, -0.25) is 9.59 Å². The van der Waals surface area contributed by atoms with E-state index in [1.807, 2.05) is 13.8 Å². The summed E-state index contributed by atoms with van der Waals surface area (Å²) in [5.74, 6) is -1.40. The first kappa shape index (κ1) is 23.9. The summed E-state index contributed by atoms with van der Waals surface area (Å²) in [4.78, 5) is 37.3. The quantitative estimate of drug-likeness (QED) is 0.356. The van der Waals surface area contributed by atoms with Gasteiger partial charge in [0.05, 0.1) is 13.7 Å². The van der Waals surface area contributed by atoms with Gasteiger partial charge in [0.15, 0.2) is 5.37 Å². The Morgan fingerprint density at radius 2 is 1.79 bits per heavy atom. The van der Waals surface area contributed by atoms with Crippen molar-refractivity contribution in [1.29, 1.82) is 0 Å². The van der Waals surface area contributed by atoms with Gasteiger partial charge < -0.3 is 20.1 Å². The number of thioether (sulfide) groups is 1. The Morgan fingerprint density at radius 1 is 1.14 bits per heavy atom. The van der Waals surface area contributed by atoms with Crippen LogP contribution in [0.3, 0.4) is 0 Å². The van der Waals surface area contributed by atoms with Crippen molar-refractivity contribution in [2.75, 3.05) is 13.7 Å². The van der Waals surface area contributed by atoms with Gasteiger partial charge in [-0.2, -0.15) is 0 Å². The molecule has 9 heteroatoms. The average Bonchev–Trinajstić information content (AvgIpc) is 2.66. The smallest absolute Gasteiger partial charge is 0.339 e. The predicted octanol–water partition coefficient (Wildman–Crippen LogP) is 2.50. The standard InChI is InChI=1S/C19H26N2O5S2/c1-5-26-19(27)28-17(18(24)25-4)21-16(23)14(11-12(2)3)20-15(22)13-9-7-6-8-10-13/h6-10,12,14,17H,5,11H2,1-4H3,(H,20,22)(H,21,23)/t14-,17-/m0/s1. The number of esters is 1. The van der Waals surface area contributed by atoms with Gasteiger partial charge in [0.2, 0.25) is 10.3 Å². The lowest BCUT2D eigenvalue weighted by Gasteiger charge is -2.23. The van der Waals surface area contributed by atoms with Crippen LogP contribution < -0.4 is 10.6 Å². The molecule has 0 spiro atoms. The predicted molar refractivity (Wildman–Crippen MR) is 113 cm³/mol. The van der Waals surface area contributed by atoms with E-state index in [1.54, 1.807) is 37.3 Å². The third-order valence-corrected chi connectivity index (χ3v) is 4.79. The monoisotopic (exact) mass is 426 g/mol. The van der Waals surface area contributed by atoms with E-state index < -0.39 is 23.3 Å². The Labute approximate surface area is 174 Å². The van der Waals surface area contributed by atoms with Gasteiger partial charge in [-0.1, -0.05) is 32.0 Å². The fraction of sp³-hybridized carbons (Fsp3) is 0.474. The minimum atomic E-state index is -1.07. The summed E-state index contributed by atoms with van der Waals surface area (Å²) in [7, 11) is 1.22.